The highest BCUT2D eigenvalue weighted by molar-refractivity contribution is 7.80. The number of methoxy groups -OCH3 is 1. The van der Waals surface area contributed by atoms with Gasteiger partial charge in [-0.15, -0.1) is 11.3 Å². The van der Waals surface area contributed by atoms with Crippen LogP contribution in [0.15, 0.2) is 24.3 Å². The molecule has 0 bridgehead atoms. The van der Waals surface area contributed by atoms with E-state index in [9.17, 15) is 9.59 Å². The van der Waals surface area contributed by atoms with Crippen molar-refractivity contribution in [1.29, 1.82) is 0 Å². The molecule has 1 aliphatic carbocycles. The van der Waals surface area contributed by atoms with Gasteiger partial charge in [0.2, 0.25) is 0 Å². The van der Waals surface area contributed by atoms with E-state index >= 15 is 0 Å². The maximum Gasteiger partial charge on any atom is 0.341 e. The molecule has 0 radical (unpaired) electrons. The molecule has 1 aliphatic rings. The van der Waals surface area contributed by atoms with E-state index in [0.29, 0.717) is 16.1 Å². The van der Waals surface area contributed by atoms with Gasteiger partial charge in [0.25, 0.3) is 5.91 Å². The van der Waals surface area contributed by atoms with Crippen molar-refractivity contribution < 1.29 is 14.3 Å². The number of nitrogens with one attached hydrogen (secondary N) is 2. The van der Waals surface area contributed by atoms with Crippen LogP contribution in [-0.4, -0.2) is 24.1 Å². The van der Waals surface area contributed by atoms with Gasteiger partial charge < -0.3 is 10.1 Å². The first-order valence-corrected chi connectivity index (χ1v) is 9.64. The van der Waals surface area contributed by atoms with Crippen LogP contribution < -0.4 is 10.6 Å². The van der Waals surface area contributed by atoms with Gasteiger partial charge in [0.1, 0.15) is 5.00 Å². The highest BCUT2D eigenvalue weighted by atomic mass is 32.1. The van der Waals surface area contributed by atoms with Gasteiger partial charge in [-0.1, -0.05) is 18.2 Å². The third-order valence-electron chi connectivity index (χ3n) is 4.40. The number of hydrogen-bond acceptors (Lipinski definition) is 5. The first-order valence-electron chi connectivity index (χ1n) is 8.42. The average molecular weight is 389 g/mol. The zero-order chi connectivity index (χ0) is 18.7. The number of carbonyl (C=O) groups is 2. The summed E-state index contributed by atoms with van der Waals surface area (Å²) in [5, 5.41) is 6.51. The minimum Gasteiger partial charge on any atom is -0.465 e. The fourth-order valence-electron chi connectivity index (χ4n) is 3.10. The summed E-state index contributed by atoms with van der Waals surface area (Å²) in [6.07, 6.45) is 3.98. The van der Waals surface area contributed by atoms with E-state index in [1.807, 2.05) is 19.1 Å². The van der Waals surface area contributed by atoms with Crippen molar-refractivity contribution >= 4 is 45.5 Å². The van der Waals surface area contributed by atoms with Crippen molar-refractivity contribution in [3.05, 3.63) is 51.4 Å². The Morgan fingerprint density at radius 2 is 1.92 bits per heavy atom. The number of carbonyl (C=O) groups excluding carboxylic acids is 2. The molecule has 1 aromatic heterocycles. The van der Waals surface area contributed by atoms with E-state index in [1.165, 1.54) is 23.3 Å². The largest absolute Gasteiger partial charge is 0.465 e. The number of hydrogen-bond donors (Lipinski definition) is 2. The summed E-state index contributed by atoms with van der Waals surface area (Å²) in [5.41, 5.74) is 3.02. The first-order chi connectivity index (χ1) is 12.5. The topological polar surface area (TPSA) is 67.4 Å². The standard InChI is InChI=1S/C19H20N2O3S2/c1-11-7-3-4-8-12(11)16(22)20-19(25)21-17-15(18(23)24-2)13-9-5-6-10-14(13)26-17/h3-4,7-8H,5-6,9-10H2,1-2H3,(H2,20,21,22,25). The lowest BCUT2D eigenvalue weighted by Gasteiger charge is -2.12. The molecule has 2 N–H and O–H groups in total. The molecule has 0 atom stereocenters. The third-order valence-corrected chi connectivity index (χ3v) is 5.82. The molecular formula is C19H20N2O3S2. The fraction of sp³-hybridized carbons (Fsp3) is 0.316. The second-order valence-corrected chi connectivity index (χ2v) is 7.64. The van der Waals surface area contributed by atoms with Crippen LogP contribution in [0.3, 0.4) is 0 Å². The van der Waals surface area contributed by atoms with Gasteiger partial charge in [-0.2, -0.15) is 0 Å². The number of rotatable bonds is 3. The quantitative estimate of drug-likeness (QED) is 0.618. The summed E-state index contributed by atoms with van der Waals surface area (Å²) in [6, 6.07) is 7.30. The Labute approximate surface area is 161 Å². The Bertz CT molecular complexity index is 874. The summed E-state index contributed by atoms with van der Waals surface area (Å²) in [7, 11) is 1.37. The highest BCUT2D eigenvalue weighted by Gasteiger charge is 2.26. The summed E-state index contributed by atoms with van der Waals surface area (Å²) in [5.74, 6) is -0.651. The van der Waals surface area contributed by atoms with Crippen molar-refractivity contribution in [2.24, 2.45) is 0 Å². The van der Waals surface area contributed by atoms with Gasteiger partial charge in [0.05, 0.1) is 12.7 Å². The van der Waals surface area contributed by atoms with Crippen LogP contribution in [0.1, 0.15) is 49.6 Å². The lowest BCUT2D eigenvalue weighted by molar-refractivity contribution is 0.0601. The van der Waals surface area contributed by atoms with Gasteiger partial charge in [0, 0.05) is 10.4 Å². The van der Waals surface area contributed by atoms with Gasteiger partial charge in [-0.25, -0.2) is 4.79 Å². The Morgan fingerprint density at radius 3 is 2.65 bits per heavy atom. The number of thiophene rings is 1. The van der Waals surface area contributed by atoms with E-state index in [2.05, 4.69) is 10.6 Å². The predicted octanol–water partition coefficient (Wildman–Crippen LogP) is 3.85. The summed E-state index contributed by atoms with van der Waals surface area (Å²) < 4.78 is 4.95. The molecule has 0 spiro atoms. The molecule has 0 unspecified atom stereocenters. The molecule has 1 aromatic carbocycles. The molecule has 5 nitrogen and oxygen atoms in total. The van der Waals surface area contributed by atoms with Crippen LogP contribution in [0.25, 0.3) is 0 Å². The normalized spacial score (nSPS) is 12.8. The number of anilines is 1. The van der Waals surface area contributed by atoms with E-state index in [-0.39, 0.29) is 17.0 Å². The summed E-state index contributed by atoms with van der Waals surface area (Å²) in [6.45, 7) is 1.87. The molecule has 0 fully saturated rings. The number of benzene rings is 1. The van der Waals surface area contributed by atoms with Gasteiger partial charge in [0.15, 0.2) is 5.11 Å². The summed E-state index contributed by atoms with van der Waals surface area (Å²) >= 11 is 6.80. The fourth-order valence-corrected chi connectivity index (χ4v) is 4.65. The monoisotopic (exact) mass is 388 g/mol. The lowest BCUT2D eigenvalue weighted by Crippen LogP contribution is -2.34. The smallest absolute Gasteiger partial charge is 0.341 e. The van der Waals surface area contributed by atoms with Crippen LogP contribution in [0, 0.1) is 6.92 Å². The van der Waals surface area contributed by atoms with E-state index in [1.54, 1.807) is 12.1 Å². The van der Waals surface area contributed by atoms with Crippen molar-refractivity contribution in [3.63, 3.8) is 0 Å². The molecule has 3 rings (SSSR count). The number of ether oxygens (including phenoxy) is 1. The van der Waals surface area contributed by atoms with Crippen molar-refractivity contribution in [2.75, 3.05) is 12.4 Å². The number of aryl methyl sites for hydroxylation is 2. The van der Waals surface area contributed by atoms with Crippen LogP contribution in [0.4, 0.5) is 5.00 Å². The van der Waals surface area contributed by atoms with E-state index in [4.69, 9.17) is 17.0 Å². The van der Waals surface area contributed by atoms with E-state index < -0.39 is 0 Å². The second-order valence-electron chi connectivity index (χ2n) is 6.13. The molecule has 1 heterocycles. The number of amides is 1. The molecule has 0 aliphatic heterocycles. The van der Waals surface area contributed by atoms with Gasteiger partial charge >= 0.3 is 5.97 Å². The minimum absolute atomic E-state index is 0.169. The SMILES string of the molecule is COC(=O)c1c(NC(=S)NC(=O)c2ccccc2C)sc2c1CCCC2. The highest BCUT2D eigenvalue weighted by Crippen LogP contribution is 2.38. The van der Waals surface area contributed by atoms with Gasteiger partial charge in [-0.05, 0) is 62.0 Å². The van der Waals surface area contributed by atoms with Crippen molar-refractivity contribution in [3.8, 4) is 0 Å². The number of esters is 1. The first kappa shape index (κ1) is 18.5. The maximum atomic E-state index is 12.4. The third kappa shape index (κ3) is 3.78. The van der Waals surface area contributed by atoms with Crippen LogP contribution >= 0.6 is 23.6 Å². The van der Waals surface area contributed by atoms with Crippen LogP contribution in [0.2, 0.25) is 0 Å². The Hall–Kier alpha value is -2.25. The predicted molar refractivity (Wildman–Crippen MR) is 107 cm³/mol. The lowest BCUT2D eigenvalue weighted by atomic mass is 9.95. The van der Waals surface area contributed by atoms with Gasteiger partial charge in [-0.3, -0.25) is 10.1 Å². The van der Waals surface area contributed by atoms with Crippen molar-refractivity contribution in [2.45, 2.75) is 32.6 Å². The Morgan fingerprint density at radius 1 is 1.19 bits per heavy atom. The maximum absolute atomic E-state index is 12.4. The number of thiocarbonyl (C=S) groups is 1. The van der Waals surface area contributed by atoms with Crippen LogP contribution in [-0.2, 0) is 17.6 Å². The Balaban J connectivity index is 1.79. The van der Waals surface area contributed by atoms with Crippen LogP contribution in [0.5, 0.6) is 0 Å². The second kappa shape index (κ2) is 7.97. The zero-order valence-electron chi connectivity index (χ0n) is 14.7. The number of fused-ring (bicyclic) bond motifs is 1. The molecule has 0 saturated heterocycles. The minimum atomic E-state index is -0.375. The Kier molecular flexibility index (Phi) is 5.68. The molecule has 7 heteroatoms. The molecule has 2 aromatic rings. The molecule has 136 valence electrons. The van der Waals surface area contributed by atoms with Crippen molar-refractivity contribution in [1.82, 2.24) is 5.32 Å². The molecular weight excluding hydrogens is 368 g/mol. The molecule has 0 saturated carbocycles. The van der Waals surface area contributed by atoms with E-state index in [0.717, 1.165) is 36.8 Å². The average Bonchev–Trinajstić information content (AvgIpc) is 2.98. The molecule has 1 amide bonds. The molecule has 26 heavy (non-hydrogen) atoms. The summed E-state index contributed by atoms with van der Waals surface area (Å²) in [4.78, 5) is 25.8. The zero-order valence-corrected chi connectivity index (χ0v) is 16.3.